The van der Waals surface area contributed by atoms with Crippen LogP contribution in [-0.4, -0.2) is 57.0 Å². The molecule has 1 aromatic carbocycles. The maximum absolute atomic E-state index is 14.0. The summed E-state index contributed by atoms with van der Waals surface area (Å²) in [5.41, 5.74) is 4.47. The molecule has 0 aromatic heterocycles. The minimum absolute atomic E-state index is 0.0253. The van der Waals surface area contributed by atoms with E-state index in [2.05, 4.69) is 10.6 Å². The summed E-state index contributed by atoms with van der Waals surface area (Å²) < 4.78 is 5.33. The van der Waals surface area contributed by atoms with Crippen molar-refractivity contribution in [1.29, 1.82) is 0 Å². The standard InChI is InChI=1S/C26H40N4O6/c1-15-14-19(15)30(21(22(33)29-25(2,3)4)16-8-10-17(31)11-9-16)23(34)18(12-13-20(27)32)28-24(35)36-26(5,6)7/h8-11,15,18-19,21,31H,12-14H2,1-7H3,(H2,27,32)(H,28,35)(H,29,33). The monoisotopic (exact) mass is 504 g/mol. The number of hydrogen-bond donors (Lipinski definition) is 4. The molecule has 0 spiro atoms. The van der Waals surface area contributed by atoms with Gasteiger partial charge in [0.2, 0.25) is 17.7 Å². The van der Waals surface area contributed by atoms with Gasteiger partial charge in [-0.15, -0.1) is 0 Å². The third-order valence-electron chi connectivity index (χ3n) is 5.58. The quantitative estimate of drug-likeness (QED) is 0.406. The molecule has 4 amide bonds. The topological polar surface area (TPSA) is 151 Å². The highest BCUT2D eigenvalue weighted by Crippen LogP contribution is 2.41. The highest BCUT2D eigenvalue weighted by molar-refractivity contribution is 5.93. The van der Waals surface area contributed by atoms with Gasteiger partial charge in [-0.3, -0.25) is 14.4 Å². The zero-order valence-corrected chi connectivity index (χ0v) is 22.3. The number of benzene rings is 1. The summed E-state index contributed by atoms with van der Waals surface area (Å²) in [6, 6.07) is 3.68. The Morgan fingerprint density at radius 3 is 2.11 bits per heavy atom. The molecule has 0 radical (unpaired) electrons. The second kappa shape index (κ2) is 11.2. The average Bonchev–Trinajstić information content (AvgIpc) is 3.42. The summed E-state index contributed by atoms with van der Waals surface area (Å²) in [7, 11) is 0. The Balaban J connectivity index is 2.50. The minimum Gasteiger partial charge on any atom is -0.508 e. The maximum atomic E-state index is 14.0. The van der Waals surface area contributed by atoms with Crippen molar-refractivity contribution in [3.63, 3.8) is 0 Å². The van der Waals surface area contributed by atoms with Gasteiger partial charge in [0.05, 0.1) is 0 Å². The normalized spacial score (nSPS) is 19.0. The fraction of sp³-hybridized carbons (Fsp3) is 0.615. The summed E-state index contributed by atoms with van der Waals surface area (Å²) in [5.74, 6) is -1.37. The Morgan fingerprint density at radius 1 is 1.11 bits per heavy atom. The predicted molar refractivity (Wildman–Crippen MR) is 135 cm³/mol. The molecule has 36 heavy (non-hydrogen) atoms. The number of hydrogen-bond acceptors (Lipinski definition) is 6. The van der Waals surface area contributed by atoms with Crippen LogP contribution in [-0.2, 0) is 19.1 Å². The van der Waals surface area contributed by atoms with E-state index in [1.807, 2.05) is 27.7 Å². The van der Waals surface area contributed by atoms with Gasteiger partial charge in [0.1, 0.15) is 23.4 Å². The van der Waals surface area contributed by atoms with E-state index >= 15 is 0 Å². The molecule has 0 aliphatic heterocycles. The largest absolute Gasteiger partial charge is 0.508 e. The fourth-order valence-corrected chi connectivity index (χ4v) is 3.88. The predicted octanol–water partition coefficient (Wildman–Crippen LogP) is 2.74. The molecule has 0 heterocycles. The number of alkyl carbamates (subject to hydrolysis) is 1. The smallest absolute Gasteiger partial charge is 0.408 e. The molecule has 200 valence electrons. The molecule has 1 fully saturated rings. The van der Waals surface area contributed by atoms with Crippen molar-refractivity contribution < 1.29 is 29.0 Å². The van der Waals surface area contributed by atoms with E-state index in [-0.39, 0.29) is 30.6 Å². The first-order valence-electron chi connectivity index (χ1n) is 12.2. The second-order valence-electron chi connectivity index (χ2n) is 11.5. The number of phenols is 1. The average molecular weight is 505 g/mol. The molecular weight excluding hydrogens is 464 g/mol. The lowest BCUT2D eigenvalue weighted by Crippen LogP contribution is -2.55. The number of aromatic hydroxyl groups is 1. The lowest BCUT2D eigenvalue weighted by molar-refractivity contribution is -0.144. The van der Waals surface area contributed by atoms with Gasteiger partial charge >= 0.3 is 6.09 Å². The molecule has 1 aromatic rings. The van der Waals surface area contributed by atoms with Crippen molar-refractivity contribution in [2.75, 3.05) is 0 Å². The second-order valence-corrected chi connectivity index (χ2v) is 11.5. The van der Waals surface area contributed by atoms with Crippen molar-refractivity contribution in [2.24, 2.45) is 11.7 Å². The van der Waals surface area contributed by atoms with Crippen LogP contribution in [0, 0.1) is 5.92 Å². The van der Waals surface area contributed by atoms with Crippen LogP contribution in [0.1, 0.15) is 79.3 Å². The third-order valence-corrected chi connectivity index (χ3v) is 5.58. The molecule has 10 nitrogen and oxygen atoms in total. The van der Waals surface area contributed by atoms with Crippen LogP contribution in [0.5, 0.6) is 5.75 Å². The van der Waals surface area contributed by atoms with E-state index < -0.39 is 47.0 Å². The molecule has 2 rings (SSSR count). The Kier molecular flexibility index (Phi) is 8.98. The van der Waals surface area contributed by atoms with Crippen molar-refractivity contribution in [1.82, 2.24) is 15.5 Å². The van der Waals surface area contributed by atoms with Crippen LogP contribution in [0.15, 0.2) is 24.3 Å². The number of primary amides is 1. The van der Waals surface area contributed by atoms with Crippen molar-refractivity contribution in [3.05, 3.63) is 29.8 Å². The number of nitrogens with zero attached hydrogens (tertiary/aromatic N) is 1. The number of phenolic OH excluding ortho intramolecular Hbond substituents is 1. The van der Waals surface area contributed by atoms with Crippen molar-refractivity contribution in [2.45, 2.75) is 97.0 Å². The Hall–Kier alpha value is -3.30. The first-order chi connectivity index (χ1) is 16.5. The highest BCUT2D eigenvalue weighted by Gasteiger charge is 2.48. The number of ether oxygens (including phenoxy) is 1. The molecule has 4 unspecified atom stereocenters. The van der Waals surface area contributed by atoms with Crippen LogP contribution < -0.4 is 16.4 Å². The van der Waals surface area contributed by atoms with Gasteiger partial charge in [-0.2, -0.15) is 0 Å². The Bertz CT molecular complexity index is 964. The SMILES string of the molecule is CC1CC1N(C(=O)C(CCC(N)=O)NC(=O)OC(C)(C)C)C(C(=O)NC(C)(C)C)c1ccc(O)cc1. The Morgan fingerprint density at radius 2 is 1.67 bits per heavy atom. The summed E-state index contributed by atoms with van der Waals surface area (Å²) in [5, 5.41) is 15.3. The molecular formula is C26H40N4O6. The van der Waals surface area contributed by atoms with Gasteiger partial charge in [-0.05, 0) is 78.0 Å². The molecule has 5 N–H and O–H groups in total. The number of nitrogens with two attached hydrogens (primary N) is 1. The van der Waals surface area contributed by atoms with E-state index in [0.717, 1.165) is 0 Å². The van der Waals surface area contributed by atoms with Gasteiger partial charge in [0, 0.05) is 18.0 Å². The minimum atomic E-state index is -1.14. The van der Waals surface area contributed by atoms with Crippen LogP contribution in [0.2, 0.25) is 0 Å². The van der Waals surface area contributed by atoms with Gasteiger partial charge < -0.3 is 31.1 Å². The number of nitrogens with one attached hydrogen (secondary N) is 2. The van der Waals surface area contributed by atoms with Crippen LogP contribution in [0.25, 0.3) is 0 Å². The number of carbonyl (C=O) groups is 4. The van der Waals surface area contributed by atoms with Gasteiger partial charge in [0.25, 0.3) is 0 Å². The molecule has 10 heteroatoms. The lowest BCUT2D eigenvalue weighted by atomic mass is 9.99. The van der Waals surface area contributed by atoms with E-state index in [0.29, 0.717) is 12.0 Å². The highest BCUT2D eigenvalue weighted by atomic mass is 16.6. The zero-order valence-electron chi connectivity index (χ0n) is 22.3. The Labute approximate surface area is 212 Å². The molecule has 0 bridgehead atoms. The molecule has 4 atom stereocenters. The van der Waals surface area contributed by atoms with Gasteiger partial charge in [-0.25, -0.2) is 4.79 Å². The molecule has 1 aliphatic rings. The van der Waals surface area contributed by atoms with Crippen molar-refractivity contribution >= 4 is 23.8 Å². The van der Waals surface area contributed by atoms with Crippen molar-refractivity contribution in [3.8, 4) is 5.75 Å². The molecule has 1 aliphatic carbocycles. The van der Waals surface area contributed by atoms with Crippen LogP contribution in [0.4, 0.5) is 4.79 Å². The molecule has 0 saturated heterocycles. The van der Waals surface area contributed by atoms with E-state index in [1.165, 1.54) is 17.0 Å². The van der Waals surface area contributed by atoms with E-state index in [4.69, 9.17) is 10.5 Å². The first-order valence-corrected chi connectivity index (χ1v) is 12.2. The molecule has 1 saturated carbocycles. The number of carbonyl (C=O) groups excluding carboxylic acids is 4. The number of amides is 4. The number of rotatable bonds is 9. The first kappa shape index (κ1) is 28.9. The maximum Gasteiger partial charge on any atom is 0.408 e. The summed E-state index contributed by atoms with van der Waals surface area (Å²) >= 11 is 0. The zero-order chi connectivity index (χ0) is 27.4. The van der Waals surface area contributed by atoms with E-state index in [9.17, 15) is 24.3 Å². The van der Waals surface area contributed by atoms with Gasteiger partial charge in [0.15, 0.2) is 0 Å². The lowest BCUT2D eigenvalue weighted by Gasteiger charge is -2.36. The van der Waals surface area contributed by atoms with Crippen LogP contribution >= 0.6 is 0 Å². The third kappa shape index (κ3) is 8.73. The summed E-state index contributed by atoms with van der Waals surface area (Å²) in [6.07, 6.45) is -0.320. The summed E-state index contributed by atoms with van der Waals surface area (Å²) in [4.78, 5) is 53.2. The van der Waals surface area contributed by atoms with Gasteiger partial charge in [-0.1, -0.05) is 19.1 Å². The van der Waals surface area contributed by atoms with E-state index in [1.54, 1.807) is 32.9 Å². The fourth-order valence-electron chi connectivity index (χ4n) is 3.88. The summed E-state index contributed by atoms with van der Waals surface area (Å²) in [6.45, 7) is 12.6. The van der Waals surface area contributed by atoms with Crippen LogP contribution in [0.3, 0.4) is 0 Å².